The Morgan fingerprint density at radius 3 is 2.24 bits per heavy atom. The summed E-state index contributed by atoms with van der Waals surface area (Å²) < 4.78 is 28.2. The number of esters is 4. The van der Waals surface area contributed by atoms with E-state index in [1.807, 2.05) is 0 Å². The lowest BCUT2D eigenvalue weighted by Gasteiger charge is -2.44. The highest BCUT2D eigenvalue weighted by molar-refractivity contribution is 7.13. The largest absolute Gasteiger partial charge is 0.463 e. The van der Waals surface area contributed by atoms with Crippen LogP contribution in [0, 0.1) is 0 Å². The van der Waals surface area contributed by atoms with Crippen molar-refractivity contribution in [2.45, 2.75) is 58.3 Å². The predicted octanol–water partition coefficient (Wildman–Crippen LogP) is 1.31. The van der Waals surface area contributed by atoms with Crippen LogP contribution in [0.5, 0.6) is 0 Å². The molecule has 0 unspecified atom stereocenters. The summed E-state index contributed by atoms with van der Waals surface area (Å²) in [5.41, 5.74) is 0.340. The number of hydrogen-bond acceptors (Lipinski definition) is 13. The van der Waals surface area contributed by atoms with Crippen LogP contribution in [0.15, 0.2) is 11.6 Å². The molecule has 2 aromatic heterocycles. The van der Waals surface area contributed by atoms with Crippen molar-refractivity contribution in [3.8, 4) is 10.7 Å². The van der Waals surface area contributed by atoms with Crippen LogP contribution in [0.3, 0.4) is 0 Å². The van der Waals surface area contributed by atoms with Gasteiger partial charge in [-0.2, -0.15) is 0 Å². The van der Waals surface area contributed by atoms with Crippen LogP contribution in [0.1, 0.15) is 33.7 Å². The minimum Gasteiger partial charge on any atom is -0.463 e. The van der Waals surface area contributed by atoms with Crippen LogP contribution in [-0.2, 0) is 42.9 Å². The van der Waals surface area contributed by atoms with Gasteiger partial charge in [0.1, 0.15) is 34.6 Å². The fourth-order valence-corrected chi connectivity index (χ4v) is 4.23. The molecule has 0 radical (unpaired) electrons. The summed E-state index contributed by atoms with van der Waals surface area (Å²) in [6.07, 6.45) is -3.53. The second kappa shape index (κ2) is 10.9. The normalized spacial score (nSPS) is 24.2. The van der Waals surface area contributed by atoms with Gasteiger partial charge < -0.3 is 23.7 Å². The molecule has 15 heteroatoms. The number of carbonyl (C=O) groups is 4. The van der Waals surface area contributed by atoms with E-state index in [0.29, 0.717) is 10.7 Å². The Kier molecular flexibility index (Phi) is 8.17. The lowest BCUT2D eigenvalue weighted by atomic mass is 9.95. The third-order valence-corrected chi connectivity index (χ3v) is 5.65. The Hall–Kier alpha value is -3.10. The maximum absolute atomic E-state index is 11.9. The third-order valence-electron chi connectivity index (χ3n) is 4.46. The van der Waals surface area contributed by atoms with E-state index in [0.717, 1.165) is 13.8 Å². The number of thiazole rings is 1. The molecule has 0 saturated carbocycles. The van der Waals surface area contributed by atoms with Crippen molar-refractivity contribution in [1.82, 2.24) is 20.0 Å². The molecule has 34 heavy (non-hydrogen) atoms. The lowest BCUT2D eigenvalue weighted by molar-refractivity contribution is -0.285. The molecule has 0 spiro atoms. The van der Waals surface area contributed by atoms with Crippen molar-refractivity contribution in [3.05, 3.63) is 16.7 Å². The molecule has 184 valence electrons. The van der Waals surface area contributed by atoms with Crippen LogP contribution >= 0.6 is 22.9 Å². The van der Waals surface area contributed by atoms with E-state index >= 15 is 0 Å². The molecular formula is C19H21ClN4O9S. The van der Waals surface area contributed by atoms with Crippen molar-refractivity contribution < 1.29 is 42.9 Å². The highest BCUT2D eigenvalue weighted by atomic mass is 35.5. The van der Waals surface area contributed by atoms with Gasteiger partial charge in [-0.3, -0.25) is 19.2 Å². The maximum atomic E-state index is 11.9. The molecule has 1 aliphatic rings. The fourth-order valence-electron chi connectivity index (χ4n) is 3.33. The number of hydrogen-bond donors (Lipinski definition) is 0. The van der Waals surface area contributed by atoms with E-state index < -0.39 is 54.5 Å². The number of rotatable bonds is 7. The smallest absolute Gasteiger partial charge is 0.305 e. The summed E-state index contributed by atoms with van der Waals surface area (Å²) in [5, 5.41) is 10.5. The topological polar surface area (TPSA) is 158 Å². The monoisotopic (exact) mass is 516 g/mol. The summed E-state index contributed by atoms with van der Waals surface area (Å²) in [7, 11) is 0. The van der Waals surface area contributed by atoms with Gasteiger partial charge in [0, 0.05) is 33.1 Å². The third kappa shape index (κ3) is 6.27. The van der Waals surface area contributed by atoms with Gasteiger partial charge in [-0.1, -0.05) is 16.8 Å². The van der Waals surface area contributed by atoms with Gasteiger partial charge in [0.15, 0.2) is 12.2 Å². The molecule has 5 atom stereocenters. The Balaban J connectivity index is 2.08. The van der Waals surface area contributed by atoms with Crippen molar-refractivity contribution in [2.24, 2.45) is 0 Å². The van der Waals surface area contributed by atoms with Crippen molar-refractivity contribution in [2.75, 3.05) is 6.61 Å². The molecule has 0 bridgehead atoms. The molecule has 1 fully saturated rings. The zero-order valence-corrected chi connectivity index (χ0v) is 20.1. The summed E-state index contributed by atoms with van der Waals surface area (Å²) >= 11 is 7.12. The fraction of sp³-hybridized carbons (Fsp3) is 0.526. The number of carbonyl (C=O) groups excluding carboxylic acids is 4. The maximum Gasteiger partial charge on any atom is 0.305 e. The molecule has 1 aliphatic heterocycles. The van der Waals surface area contributed by atoms with Gasteiger partial charge in [-0.15, -0.1) is 16.4 Å². The number of aromatic nitrogens is 4. The van der Waals surface area contributed by atoms with Crippen LogP contribution in [0.4, 0.5) is 0 Å². The first kappa shape index (κ1) is 25.5. The summed E-state index contributed by atoms with van der Waals surface area (Å²) in [4.78, 5) is 51.1. The van der Waals surface area contributed by atoms with Crippen LogP contribution in [0.25, 0.3) is 10.7 Å². The highest BCUT2D eigenvalue weighted by Crippen LogP contribution is 2.36. The summed E-state index contributed by atoms with van der Waals surface area (Å²) in [6, 6.07) is -1.08. The van der Waals surface area contributed by atoms with E-state index in [1.54, 1.807) is 5.38 Å². The summed E-state index contributed by atoms with van der Waals surface area (Å²) in [6.45, 7) is 4.30. The standard InChI is InChI=1S/C19H21ClN4O9S/c1-8(25)29-6-13-16(30-9(2)26)15(17(31-10(3)27)19(33-13)32-11(4)28)24-5-12(22-23-24)18-21-14(20)7-34-18/h5,7,13,15-17,19H,6H2,1-4H3/t13-,15+,16+,17-,19-/m1/s1. The van der Waals surface area contributed by atoms with Crippen LogP contribution in [0.2, 0.25) is 5.15 Å². The Morgan fingerprint density at radius 1 is 1.03 bits per heavy atom. The molecule has 3 rings (SSSR count). The Morgan fingerprint density at radius 2 is 1.68 bits per heavy atom. The van der Waals surface area contributed by atoms with Crippen molar-refractivity contribution in [1.29, 1.82) is 0 Å². The van der Waals surface area contributed by atoms with Crippen LogP contribution in [-0.4, -0.2) is 75.1 Å². The zero-order valence-electron chi connectivity index (χ0n) is 18.5. The molecule has 0 amide bonds. The highest BCUT2D eigenvalue weighted by Gasteiger charge is 2.53. The molecule has 13 nitrogen and oxygen atoms in total. The minimum atomic E-state index is -1.43. The Bertz CT molecular complexity index is 1070. The number of halogens is 1. The van der Waals surface area contributed by atoms with E-state index in [-0.39, 0.29) is 11.8 Å². The van der Waals surface area contributed by atoms with Gasteiger partial charge in [0.05, 0.1) is 6.20 Å². The Labute approximate surface area is 202 Å². The second-order valence-electron chi connectivity index (χ2n) is 7.15. The predicted molar refractivity (Wildman–Crippen MR) is 113 cm³/mol. The number of ether oxygens (including phenoxy) is 5. The average molecular weight is 517 g/mol. The van der Waals surface area contributed by atoms with Gasteiger partial charge in [0.2, 0.25) is 6.29 Å². The van der Waals surface area contributed by atoms with Crippen molar-refractivity contribution in [3.63, 3.8) is 0 Å². The quantitative estimate of drug-likeness (QED) is 0.384. The molecule has 3 heterocycles. The van der Waals surface area contributed by atoms with Crippen molar-refractivity contribution >= 4 is 46.8 Å². The molecular weight excluding hydrogens is 496 g/mol. The first-order valence-electron chi connectivity index (χ1n) is 9.89. The first-order valence-corrected chi connectivity index (χ1v) is 11.1. The molecule has 0 aliphatic carbocycles. The first-order chi connectivity index (χ1) is 16.0. The SMILES string of the molecule is CC(=O)OC[C@H]1O[C@@H](OC(C)=O)[C@H](OC(C)=O)[C@@H](n2cc(-c3nc(Cl)cs3)nn2)[C@H]1OC(C)=O. The average Bonchev–Trinajstić information content (AvgIpc) is 3.36. The van der Waals surface area contributed by atoms with E-state index in [9.17, 15) is 19.2 Å². The lowest BCUT2D eigenvalue weighted by Crippen LogP contribution is -2.59. The molecule has 0 N–H and O–H groups in total. The van der Waals surface area contributed by atoms with E-state index in [2.05, 4.69) is 15.3 Å². The van der Waals surface area contributed by atoms with Gasteiger partial charge in [-0.05, 0) is 0 Å². The zero-order chi connectivity index (χ0) is 25.0. The van der Waals surface area contributed by atoms with Gasteiger partial charge >= 0.3 is 23.9 Å². The minimum absolute atomic E-state index is 0.271. The molecule has 2 aromatic rings. The summed E-state index contributed by atoms with van der Waals surface area (Å²) in [5.74, 6) is -2.75. The second-order valence-corrected chi connectivity index (χ2v) is 8.40. The van der Waals surface area contributed by atoms with E-state index in [4.69, 9.17) is 35.3 Å². The van der Waals surface area contributed by atoms with Gasteiger partial charge in [0.25, 0.3) is 0 Å². The van der Waals surface area contributed by atoms with Gasteiger partial charge in [-0.25, -0.2) is 9.67 Å². The van der Waals surface area contributed by atoms with Crippen LogP contribution < -0.4 is 0 Å². The number of nitrogens with zero attached hydrogens (tertiary/aromatic N) is 4. The molecule has 0 aromatic carbocycles. The van der Waals surface area contributed by atoms with E-state index in [1.165, 1.54) is 36.1 Å². The molecule has 1 saturated heterocycles.